The number of hydrogen-bond donors (Lipinski definition) is 3. The van der Waals surface area contributed by atoms with E-state index in [0.29, 0.717) is 18.8 Å². The summed E-state index contributed by atoms with van der Waals surface area (Å²) >= 11 is 1.79. The van der Waals surface area contributed by atoms with Gasteiger partial charge >= 0.3 is 0 Å². The molecule has 1 heterocycles. The number of amidine groups is 1. The Bertz CT molecular complexity index is 1110. The highest BCUT2D eigenvalue weighted by Crippen LogP contribution is 2.37. The molecular formula is C28H36N4O3S. The van der Waals surface area contributed by atoms with E-state index in [1.54, 1.807) is 23.5 Å². The van der Waals surface area contributed by atoms with E-state index >= 15 is 0 Å². The molecule has 1 saturated carbocycles. The number of benzene rings is 2. The summed E-state index contributed by atoms with van der Waals surface area (Å²) in [6.07, 6.45) is 9.49. The Balaban J connectivity index is 1.18. The molecule has 36 heavy (non-hydrogen) atoms. The van der Waals surface area contributed by atoms with Crippen LogP contribution in [-0.4, -0.2) is 36.3 Å². The van der Waals surface area contributed by atoms with E-state index in [-0.39, 0.29) is 5.84 Å². The van der Waals surface area contributed by atoms with Gasteiger partial charge in [-0.05, 0) is 80.1 Å². The van der Waals surface area contributed by atoms with Crippen molar-refractivity contribution >= 4 is 22.3 Å². The fourth-order valence-electron chi connectivity index (χ4n) is 4.55. The molecule has 0 saturated heterocycles. The second-order valence-corrected chi connectivity index (χ2v) is 10.3. The van der Waals surface area contributed by atoms with Crippen molar-refractivity contribution in [1.82, 2.24) is 4.98 Å². The molecule has 0 spiro atoms. The normalized spacial score (nSPS) is 14.2. The summed E-state index contributed by atoms with van der Waals surface area (Å²) in [4.78, 5) is 6.24. The molecule has 2 aromatic carbocycles. The Morgan fingerprint density at radius 1 is 1.00 bits per heavy atom. The molecule has 1 aliphatic rings. The average Bonchev–Trinajstić information content (AvgIpc) is 3.58. The number of oxime groups is 1. The molecule has 0 radical (unpaired) electrons. The average molecular weight is 509 g/mol. The van der Waals surface area contributed by atoms with Gasteiger partial charge in [-0.25, -0.2) is 4.98 Å². The molecule has 1 aliphatic carbocycles. The number of nitrogens with zero attached hydrogens (tertiary/aromatic N) is 2. The zero-order chi connectivity index (χ0) is 25.2. The molecule has 0 atom stereocenters. The van der Waals surface area contributed by atoms with Crippen molar-refractivity contribution in [2.45, 2.75) is 51.4 Å². The van der Waals surface area contributed by atoms with Gasteiger partial charge in [0.15, 0.2) is 11.0 Å². The van der Waals surface area contributed by atoms with Crippen molar-refractivity contribution in [3.8, 4) is 22.8 Å². The Morgan fingerprint density at radius 3 is 2.19 bits per heavy atom. The van der Waals surface area contributed by atoms with Crippen LogP contribution in [0.4, 0.5) is 5.13 Å². The maximum atomic E-state index is 8.71. The summed E-state index contributed by atoms with van der Waals surface area (Å²) in [6, 6.07) is 15.5. The lowest BCUT2D eigenvalue weighted by Crippen LogP contribution is -2.12. The molecular weight excluding hydrogens is 472 g/mol. The Morgan fingerprint density at radius 2 is 1.61 bits per heavy atom. The smallest absolute Gasteiger partial charge is 0.183 e. The highest BCUT2D eigenvalue weighted by Gasteiger charge is 2.20. The molecule has 4 N–H and O–H groups in total. The largest absolute Gasteiger partial charge is 0.494 e. The maximum Gasteiger partial charge on any atom is 0.183 e. The number of ether oxygens (including phenoxy) is 2. The van der Waals surface area contributed by atoms with Gasteiger partial charge in [0.2, 0.25) is 0 Å². The summed E-state index contributed by atoms with van der Waals surface area (Å²) < 4.78 is 11.7. The second kappa shape index (κ2) is 13.2. The fraction of sp³-hybridized carbons (Fsp3) is 0.429. The number of nitrogens with two attached hydrogens (primary N) is 1. The zero-order valence-corrected chi connectivity index (χ0v) is 21.7. The van der Waals surface area contributed by atoms with Gasteiger partial charge in [0, 0.05) is 23.1 Å². The first-order valence-corrected chi connectivity index (χ1v) is 13.6. The third-order valence-corrected chi connectivity index (χ3v) is 7.67. The van der Waals surface area contributed by atoms with Crippen LogP contribution in [-0.2, 0) is 6.42 Å². The van der Waals surface area contributed by atoms with Gasteiger partial charge in [0.1, 0.15) is 11.5 Å². The monoisotopic (exact) mass is 508 g/mol. The van der Waals surface area contributed by atoms with E-state index in [0.717, 1.165) is 59.5 Å². The highest BCUT2D eigenvalue weighted by molar-refractivity contribution is 7.16. The predicted molar refractivity (Wildman–Crippen MR) is 147 cm³/mol. The molecule has 7 nitrogen and oxygen atoms in total. The lowest BCUT2D eigenvalue weighted by atomic mass is 10.0. The summed E-state index contributed by atoms with van der Waals surface area (Å²) in [5.41, 5.74) is 8.50. The minimum Gasteiger partial charge on any atom is -0.494 e. The van der Waals surface area contributed by atoms with Crippen LogP contribution >= 0.6 is 11.3 Å². The summed E-state index contributed by atoms with van der Waals surface area (Å²) in [5, 5.41) is 15.9. The number of anilines is 1. The van der Waals surface area contributed by atoms with Gasteiger partial charge in [-0.1, -0.05) is 30.8 Å². The van der Waals surface area contributed by atoms with Crippen molar-refractivity contribution in [2.24, 2.45) is 16.8 Å². The van der Waals surface area contributed by atoms with E-state index < -0.39 is 0 Å². The molecule has 192 valence electrons. The van der Waals surface area contributed by atoms with Gasteiger partial charge in [0.05, 0.1) is 18.9 Å². The van der Waals surface area contributed by atoms with Gasteiger partial charge < -0.3 is 25.7 Å². The third-order valence-electron chi connectivity index (χ3n) is 6.57. The van der Waals surface area contributed by atoms with Crippen LogP contribution in [0.5, 0.6) is 11.5 Å². The van der Waals surface area contributed by atoms with Gasteiger partial charge in [-0.15, -0.1) is 11.3 Å². The third kappa shape index (κ3) is 7.13. The lowest BCUT2D eigenvalue weighted by molar-refractivity contribution is 0.279. The van der Waals surface area contributed by atoms with Crippen molar-refractivity contribution < 1.29 is 14.7 Å². The summed E-state index contributed by atoms with van der Waals surface area (Å²) in [6.45, 7) is 1.32. The van der Waals surface area contributed by atoms with Crippen molar-refractivity contribution in [2.75, 3.05) is 25.6 Å². The molecule has 3 aromatic rings. The Kier molecular flexibility index (Phi) is 9.44. The van der Waals surface area contributed by atoms with Crippen LogP contribution in [0.15, 0.2) is 53.7 Å². The Labute approximate surface area is 217 Å². The summed E-state index contributed by atoms with van der Waals surface area (Å²) in [7, 11) is 1.94. The number of unbranched alkanes of at least 4 members (excludes halogenated alkanes) is 2. The number of hydrogen-bond acceptors (Lipinski definition) is 7. The van der Waals surface area contributed by atoms with Crippen LogP contribution in [0, 0.1) is 5.92 Å². The van der Waals surface area contributed by atoms with Crippen molar-refractivity contribution in [1.29, 1.82) is 0 Å². The first-order chi connectivity index (χ1) is 17.7. The first-order valence-electron chi connectivity index (χ1n) is 12.8. The molecule has 0 aliphatic heterocycles. The van der Waals surface area contributed by atoms with Crippen LogP contribution in [0.25, 0.3) is 11.3 Å². The standard InChI is InChI=1S/C28H36N4O3S/c1-30-28-31-26(25(36-28)19-20-7-3-4-8-20)21-9-13-23(14-10-21)34-17-5-2-6-18-35-24-15-11-22(12-16-24)27(29)32-33/h9-16,20,33H,2-8,17-19H2,1H3,(H2,29,32)(H,30,31). The van der Waals surface area contributed by atoms with Crippen LogP contribution in [0.1, 0.15) is 55.4 Å². The van der Waals surface area contributed by atoms with Crippen molar-refractivity contribution in [3.63, 3.8) is 0 Å². The van der Waals surface area contributed by atoms with Crippen LogP contribution in [0.2, 0.25) is 0 Å². The van der Waals surface area contributed by atoms with E-state index in [1.807, 2.05) is 31.3 Å². The SMILES string of the molecule is CNc1nc(-c2ccc(OCCCCCOc3ccc(/C(N)=N\O)cc3)cc2)c(CC2CCCC2)s1. The molecule has 1 fully saturated rings. The topological polar surface area (TPSA) is 102 Å². The number of nitrogens with one attached hydrogen (secondary N) is 1. The quantitative estimate of drug-likeness (QED) is 0.0822. The lowest BCUT2D eigenvalue weighted by Gasteiger charge is -2.10. The highest BCUT2D eigenvalue weighted by atomic mass is 32.1. The van der Waals surface area contributed by atoms with E-state index in [1.165, 1.54) is 30.6 Å². The zero-order valence-electron chi connectivity index (χ0n) is 20.9. The van der Waals surface area contributed by atoms with Crippen molar-refractivity contribution in [3.05, 3.63) is 59.0 Å². The molecule has 1 aromatic heterocycles. The van der Waals surface area contributed by atoms with E-state index in [2.05, 4.69) is 22.6 Å². The molecule has 0 bridgehead atoms. The van der Waals surface area contributed by atoms with Gasteiger partial charge in [-0.2, -0.15) is 0 Å². The van der Waals surface area contributed by atoms with E-state index in [9.17, 15) is 0 Å². The molecule has 4 rings (SSSR count). The minimum atomic E-state index is 0.0892. The summed E-state index contributed by atoms with van der Waals surface area (Å²) in [5.74, 6) is 2.55. The second-order valence-electron chi connectivity index (χ2n) is 9.19. The number of aromatic nitrogens is 1. The van der Waals surface area contributed by atoms with Gasteiger partial charge in [-0.3, -0.25) is 0 Å². The van der Waals surface area contributed by atoms with Crippen LogP contribution < -0.4 is 20.5 Å². The van der Waals surface area contributed by atoms with Gasteiger partial charge in [0.25, 0.3) is 0 Å². The molecule has 0 amide bonds. The predicted octanol–water partition coefficient (Wildman–Crippen LogP) is 6.31. The molecule has 8 heteroatoms. The Hall–Kier alpha value is -3.26. The number of rotatable bonds is 13. The molecule has 0 unspecified atom stereocenters. The maximum absolute atomic E-state index is 8.71. The first kappa shape index (κ1) is 25.8. The van der Waals surface area contributed by atoms with E-state index in [4.69, 9.17) is 25.4 Å². The number of thiazole rings is 1. The fourth-order valence-corrected chi connectivity index (χ4v) is 5.60. The minimum absolute atomic E-state index is 0.0892. The van der Waals surface area contributed by atoms with Crippen LogP contribution in [0.3, 0.4) is 0 Å².